The molecule has 0 aliphatic carbocycles. The maximum Gasteiger partial charge on any atom is 0.345 e. The number of nitro groups is 1. The standard InChI is InChI=1S/C16H16ClN3O5/c1-4-25-15(21)12-13(8(2)3)18-16(22)19-14(12)9-5-6-10(17)11(7-9)20(23)24/h5-8H,4H2,1-3H3,(H,18,19,22). The summed E-state index contributed by atoms with van der Waals surface area (Å²) in [7, 11) is 0. The lowest BCUT2D eigenvalue weighted by atomic mass is 9.98. The van der Waals surface area contributed by atoms with Crippen molar-refractivity contribution in [3.8, 4) is 11.3 Å². The van der Waals surface area contributed by atoms with Crippen LogP contribution in [0.15, 0.2) is 23.0 Å². The van der Waals surface area contributed by atoms with Gasteiger partial charge in [-0.1, -0.05) is 31.5 Å². The summed E-state index contributed by atoms with van der Waals surface area (Å²) in [6.45, 7) is 5.37. The highest BCUT2D eigenvalue weighted by Gasteiger charge is 2.25. The van der Waals surface area contributed by atoms with Gasteiger partial charge in [0.1, 0.15) is 10.6 Å². The fourth-order valence-corrected chi connectivity index (χ4v) is 2.53. The quantitative estimate of drug-likeness (QED) is 0.493. The molecule has 0 radical (unpaired) electrons. The number of nitro benzene ring substituents is 1. The van der Waals surface area contributed by atoms with E-state index in [2.05, 4.69) is 9.97 Å². The van der Waals surface area contributed by atoms with E-state index in [0.717, 1.165) is 0 Å². The molecular formula is C16H16ClN3O5. The topological polar surface area (TPSA) is 115 Å². The zero-order valence-corrected chi connectivity index (χ0v) is 14.6. The number of hydrogen-bond acceptors (Lipinski definition) is 6. The number of carbonyl (C=O) groups excluding carboxylic acids is 1. The van der Waals surface area contributed by atoms with E-state index in [1.54, 1.807) is 20.8 Å². The molecule has 132 valence electrons. The third kappa shape index (κ3) is 3.85. The van der Waals surface area contributed by atoms with Gasteiger partial charge in [0.2, 0.25) is 0 Å². The van der Waals surface area contributed by atoms with Crippen molar-refractivity contribution in [3.05, 3.63) is 55.1 Å². The van der Waals surface area contributed by atoms with Crippen molar-refractivity contribution in [1.82, 2.24) is 9.97 Å². The molecule has 0 unspecified atom stereocenters. The van der Waals surface area contributed by atoms with Crippen LogP contribution in [0.2, 0.25) is 5.02 Å². The molecular weight excluding hydrogens is 350 g/mol. The van der Waals surface area contributed by atoms with E-state index in [9.17, 15) is 19.7 Å². The molecule has 0 aliphatic rings. The fourth-order valence-electron chi connectivity index (χ4n) is 2.34. The van der Waals surface area contributed by atoms with Crippen LogP contribution >= 0.6 is 11.6 Å². The summed E-state index contributed by atoms with van der Waals surface area (Å²) in [6.07, 6.45) is 0. The van der Waals surface area contributed by atoms with Gasteiger partial charge in [-0.2, -0.15) is 4.98 Å². The zero-order chi connectivity index (χ0) is 18.7. The lowest BCUT2D eigenvalue weighted by Gasteiger charge is -2.15. The molecule has 2 rings (SSSR count). The van der Waals surface area contributed by atoms with Crippen LogP contribution in [0, 0.1) is 10.1 Å². The van der Waals surface area contributed by atoms with Crippen molar-refractivity contribution in [3.63, 3.8) is 0 Å². The molecule has 9 heteroatoms. The maximum absolute atomic E-state index is 12.4. The van der Waals surface area contributed by atoms with Crippen molar-refractivity contribution in [2.24, 2.45) is 0 Å². The van der Waals surface area contributed by atoms with Crippen LogP contribution in [0.1, 0.15) is 42.7 Å². The highest BCUT2D eigenvalue weighted by atomic mass is 35.5. The van der Waals surface area contributed by atoms with E-state index in [0.29, 0.717) is 5.69 Å². The molecule has 0 spiro atoms. The average molecular weight is 366 g/mol. The van der Waals surface area contributed by atoms with Crippen LogP contribution in [0.3, 0.4) is 0 Å². The van der Waals surface area contributed by atoms with Gasteiger partial charge < -0.3 is 9.72 Å². The van der Waals surface area contributed by atoms with Crippen molar-refractivity contribution < 1.29 is 14.5 Å². The molecule has 0 saturated carbocycles. The molecule has 1 aromatic heterocycles. The maximum atomic E-state index is 12.4. The number of ether oxygens (including phenoxy) is 1. The molecule has 0 fully saturated rings. The Labute approximate surface area is 148 Å². The first-order chi connectivity index (χ1) is 11.8. The summed E-state index contributed by atoms with van der Waals surface area (Å²) in [6, 6.07) is 3.96. The SMILES string of the molecule is CCOC(=O)c1c(-c2ccc(Cl)c([N+](=O)[O-])c2)nc(=O)[nH]c1C(C)C. The highest BCUT2D eigenvalue weighted by Crippen LogP contribution is 2.32. The predicted molar refractivity (Wildman–Crippen MR) is 92.0 cm³/mol. The Hall–Kier alpha value is -2.74. The fraction of sp³-hybridized carbons (Fsp3) is 0.312. The Balaban J connectivity index is 2.80. The van der Waals surface area contributed by atoms with E-state index in [1.807, 2.05) is 0 Å². The molecule has 1 aromatic carbocycles. The van der Waals surface area contributed by atoms with Crippen molar-refractivity contribution in [2.75, 3.05) is 6.61 Å². The van der Waals surface area contributed by atoms with Gasteiger partial charge >= 0.3 is 11.7 Å². The number of nitrogens with zero attached hydrogens (tertiary/aromatic N) is 2. The number of aromatic nitrogens is 2. The number of benzene rings is 1. The lowest BCUT2D eigenvalue weighted by Crippen LogP contribution is -2.22. The number of halogens is 1. The van der Waals surface area contributed by atoms with E-state index >= 15 is 0 Å². The van der Waals surface area contributed by atoms with Gasteiger partial charge in [0.15, 0.2) is 0 Å². The summed E-state index contributed by atoms with van der Waals surface area (Å²) >= 11 is 5.82. The van der Waals surface area contributed by atoms with Crippen molar-refractivity contribution in [2.45, 2.75) is 26.7 Å². The van der Waals surface area contributed by atoms with Gasteiger partial charge in [-0.25, -0.2) is 9.59 Å². The molecule has 1 heterocycles. The average Bonchev–Trinajstić information content (AvgIpc) is 2.54. The minimum atomic E-state index is -0.664. The number of H-pyrrole nitrogens is 1. The third-order valence-electron chi connectivity index (χ3n) is 3.43. The molecule has 2 aromatic rings. The van der Waals surface area contributed by atoms with Gasteiger partial charge in [-0.05, 0) is 18.9 Å². The molecule has 0 bridgehead atoms. The van der Waals surface area contributed by atoms with Crippen LogP contribution in [-0.2, 0) is 4.74 Å². The highest BCUT2D eigenvalue weighted by molar-refractivity contribution is 6.32. The largest absolute Gasteiger partial charge is 0.462 e. The van der Waals surface area contributed by atoms with E-state index in [4.69, 9.17) is 16.3 Å². The van der Waals surface area contributed by atoms with Gasteiger partial charge in [-0.15, -0.1) is 0 Å². The van der Waals surface area contributed by atoms with Crippen LogP contribution < -0.4 is 5.69 Å². The zero-order valence-electron chi connectivity index (χ0n) is 13.8. The number of rotatable bonds is 5. The molecule has 1 N–H and O–H groups in total. The van der Waals surface area contributed by atoms with E-state index in [1.165, 1.54) is 18.2 Å². The Bertz CT molecular complexity index is 892. The minimum Gasteiger partial charge on any atom is -0.462 e. The van der Waals surface area contributed by atoms with Crippen molar-refractivity contribution in [1.29, 1.82) is 0 Å². The Morgan fingerprint density at radius 2 is 2.12 bits per heavy atom. The predicted octanol–water partition coefficient (Wildman–Crippen LogP) is 3.30. The number of nitrogens with one attached hydrogen (secondary N) is 1. The second-order valence-electron chi connectivity index (χ2n) is 5.48. The number of esters is 1. The Kier molecular flexibility index (Phi) is 5.53. The van der Waals surface area contributed by atoms with Crippen LogP contribution in [0.4, 0.5) is 5.69 Å². The summed E-state index contributed by atoms with van der Waals surface area (Å²) in [5, 5.41) is 11.1. The first-order valence-corrected chi connectivity index (χ1v) is 7.89. The third-order valence-corrected chi connectivity index (χ3v) is 3.75. The number of carbonyl (C=O) groups is 1. The number of hydrogen-bond donors (Lipinski definition) is 1. The molecule has 0 aliphatic heterocycles. The van der Waals surface area contributed by atoms with Gasteiger partial charge in [0.05, 0.1) is 17.2 Å². The van der Waals surface area contributed by atoms with Crippen LogP contribution in [0.5, 0.6) is 0 Å². The van der Waals surface area contributed by atoms with E-state index in [-0.39, 0.29) is 40.1 Å². The summed E-state index contributed by atoms with van der Waals surface area (Å²) in [4.78, 5) is 41.2. The molecule has 8 nitrogen and oxygen atoms in total. The van der Waals surface area contributed by atoms with Gasteiger partial charge in [0, 0.05) is 17.3 Å². The first kappa shape index (κ1) is 18.6. The first-order valence-electron chi connectivity index (χ1n) is 7.51. The summed E-state index contributed by atoms with van der Waals surface area (Å²) in [5.74, 6) is -0.862. The second kappa shape index (κ2) is 7.43. The summed E-state index contributed by atoms with van der Waals surface area (Å²) in [5.41, 5.74) is -0.330. The lowest BCUT2D eigenvalue weighted by molar-refractivity contribution is -0.384. The van der Waals surface area contributed by atoms with Crippen LogP contribution in [-0.4, -0.2) is 27.5 Å². The van der Waals surface area contributed by atoms with Crippen molar-refractivity contribution >= 4 is 23.3 Å². The summed E-state index contributed by atoms with van der Waals surface area (Å²) < 4.78 is 5.06. The molecule has 0 saturated heterocycles. The molecule has 25 heavy (non-hydrogen) atoms. The second-order valence-corrected chi connectivity index (χ2v) is 5.88. The normalized spacial score (nSPS) is 10.8. The van der Waals surface area contributed by atoms with E-state index < -0.39 is 16.6 Å². The smallest absolute Gasteiger partial charge is 0.345 e. The van der Waals surface area contributed by atoms with Crippen LogP contribution in [0.25, 0.3) is 11.3 Å². The monoisotopic (exact) mass is 365 g/mol. The molecule has 0 atom stereocenters. The Morgan fingerprint density at radius 1 is 1.44 bits per heavy atom. The minimum absolute atomic E-state index is 0.0191. The van der Waals surface area contributed by atoms with Gasteiger partial charge in [0.25, 0.3) is 5.69 Å². The number of aromatic amines is 1. The molecule has 0 amide bonds. The van der Waals surface area contributed by atoms with Gasteiger partial charge in [-0.3, -0.25) is 10.1 Å². The Morgan fingerprint density at radius 3 is 2.68 bits per heavy atom.